The van der Waals surface area contributed by atoms with E-state index in [4.69, 9.17) is 15.2 Å². The molecule has 0 bridgehead atoms. The van der Waals surface area contributed by atoms with E-state index in [1.54, 1.807) is 7.11 Å². The first-order valence-corrected chi connectivity index (χ1v) is 6.24. The number of anilines is 2. The molecule has 6 nitrogen and oxygen atoms in total. The summed E-state index contributed by atoms with van der Waals surface area (Å²) in [5.74, 6) is 1.82. The highest BCUT2D eigenvalue weighted by molar-refractivity contribution is 5.66. The van der Waals surface area contributed by atoms with Crippen molar-refractivity contribution in [3.8, 4) is 5.88 Å². The van der Waals surface area contributed by atoms with Gasteiger partial charge in [0.15, 0.2) is 5.82 Å². The number of hydrogen-bond acceptors (Lipinski definition) is 6. The number of nitrogens with two attached hydrogens (primary N) is 1. The van der Waals surface area contributed by atoms with Crippen molar-refractivity contribution in [1.82, 2.24) is 9.97 Å². The number of aryl methyl sites for hydroxylation is 1. The second-order valence-corrected chi connectivity index (χ2v) is 3.81. The topological polar surface area (TPSA) is 82.3 Å². The van der Waals surface area contributed by atoms with Crippen LogP contribution in [-0.2, 0) is 11.2 Å². The number of nitrogen functional groups attached to an aromatic ring is 1. The number of methoxy groups -OCH3 is 1. The van der Waals surface area contributed by atoms with Gasteiger partial charge in [-0.1, -0.05) is 6.92 Å². The maximum absolute atomic E-state index is 5.96. The Morgan fingerprint density at radius 2 is 2.06 bits per heavy atom. The van der Waals surface area contributed by atoms with Gasteiger partial charge in [-0.3, -0.25) is 0 Å². The number of nitrogens with zero attached hydrogens (tertiary/aromatic N) is 2. The molecule has 0 saturated heterocycles. The summed E-state index contributed by atoms with van der Waals surface area (Å²) in [7, 11) is 1.65. The molecular formula is C12H22N4O2. The molecule has 0 radical (unpaired) electrons. The van der Waals surface area contributed by atoms with E-state index in [2.05, 4.69) is 22.2 Å². The first-order valence-electron chi connectivity index (χ1n) is 6.24. The van der Waals surface area contributed by atoms with E-state index in [-0.39, 0.29) is 0 Å². The highest BCUT2D eigenvalue weighted by Crippen LogP contribution is 2.26. The van der Waals surface area contributed by atoms with Crippen LogP contribution in [0.5, 0.6) is 5.88 Å². The van der Waals surface area contributed by atoms with Gasteiger partial charge in [0.2, 0.25) is 5.88 Å². The number of rotatable bonds is 8. The molecule has 0 atom stereocenters. The van der Waals surface area contributed by atoms with Gasteiger partial charge in [0.25, 0.3) is 0 Å². The van der Waals surface area contributed by atoms with Crippen molar-refractivity contribution in [2.75, 3.05) is 37.9 Å². The number of hydrogen-bond donors (Lipinski definition) is 2. The van der Waals surface area contributed by atoms with E-state index in [0.29, 0.717) is 37.1 Å². The predicted molar refractivity (Wildman–Crippen MR) is 72.0 cm³/mol. The summed E-state index contributed by atoms with van der Waals surface area (Å²) in [6.07, 6.45) is 1.78. The lowest BCUT2D eigenvalue weighted by atomic mass is 10.3. The normalized spacial score (nSPS) is 10.4. The average Bonchev–Trinajstić information content (AvgIpc) is 2.35. The third-order valence-corrected chi connectivity index (χ3v) is 2.31. The first kappa shape index (κ1) is 14.5. The smallest absolute Gasteiger partial charge is 0.242 e. The molecule has 6 heteroatoms. The number of nitrogens with one attached hydrogen (secondary N) is 1. The van der Waals surface area contributed by atoms with Gasteiger partial charge in [-0.15, -0.1) is 0 Å². The molecule has 0 spiro atoms. The standard InChI is InChI=1S/C12H22N4O2/c1-4-6-9-15-11(14-7-8-17-3)10(13)12(16-9)18-5-2/h4-8,13H2,1-3H3,(H,14,15,16). The quantitative estimate of drug-likeness (QED) is 0.684. The van der Waals surface area contributed by atoms with Crippen LogP contribution < -0.4 is 15.8 Å². The van der Waals surface area contributed by atoms with Gasteiger partial charge in [-0.25, -0.2) is 4.98 Å². The van der Waals surface area contributed by atoms with E-state index in [1.165, 1.54) is 0 Å². The van der Waals surface area contributed by atoms with E-state index in [1.807, 2.05) is 6.92 Å². The average molecular weight is 254 g/mol. The third kappa shape index (κ3) is 4.03. The van der Waals surface area contributed by atoms with Crippen LogP contribution in [0.15, 0.2) is 0 Å². The SMILES string of the molecule is CCCc1nc(NCCOC)c(N)c(OCC)n1. The monoisotopic (exact) mass is 254 g/mol. The van der Waals surface area contributed by atoms with E-state index in [9.17, 15) is 0 Å². The van der Waals surface area contributed by atoms with Crippen molar-refractivity contribution in [1.29, 1.82) is 0 Å². The Kier molecular flexibility index (Phi) is 6.21. The lowest BCUT2D eigenvalue weighted by molar-refractivity contribution is 0.210. The lowest BCUT2D eigenvalue weighted by Crippen LogP contribution is -2.14. The summed E-state index contributed by atoms with van der Waals surface area (Å²) in [4.78, 5) is 8.71. The summed E-state index contributed by atoms with van der Waals surface area (Å²) < 4.78 is 10.4. The molecule has 18 heavy (non-hydrogen) atoms. The van der Waals surface area contributed by atoms with Gasteiger partial charge in [0.05, 0.1) is 13.2 Å². The Labute approximate surface area is 108 Å². The van der Waals surface area contributed by atoms with Gasteiger partial charge in [-0.05, 0) is 13.3 Å². The van der Waals surface area contributed by atoms with Gasteiger partial charge >= 0.3 is 0 Å². The van der Waals surface area contributed by atoms with Crippen LogP contribution in [0.3, 0.4) is 0 Å². The van der Waals surface area contributed by atoms with Gasteiger partial charge in [-0.2, -0.15) is 4.98 Å². The summed E-state index contributed by atoms with van der Waals surface area (Å²) >= 11 is 0. The highest BCUT2D eigenvalue weighted by atomic mass is 16.5. The molecule has 3 N–H and O–H groups in total. The zero-order valence-electron chi connectivity index (χ0n) is 11.3. The third-order valence-electron chi connectivity index (χ3n) is 2.31. The van der Waals surface area contributed by atoms with E-state index in [0.717, 1.165) is 18.7 Å². The molecule has 0 aromatic carbocycles. The van der Waals surface area contributed by atoms with Crippen LogP contribution in [0, 0.1) is 0 Å². The minimum atomic E-state index is 0.452. The fraction of sp³-hybridized carbons (Fsp3) is 0.667. The van der Waals surface area contributed by atoms with Crippen molar-refractivity contribution in [2.24, 2.45) is 0 Å². The molecule has 0 aliphatic heterocycles. The molecule has 0 aliphatic carbocycles. The zero-order valence-corrected chi connectivity index (χ0v) is 11.3. The van der Waals surface area contributed by atoms with Crippen LogP contribution in [0.4, 0.5) is 11.5 Å². The Hall–Kier alpha value is -1.56. The molecule has 0 saturated carbocycles. The summed E-state index contributed by atoms with van der Waals surface area (Å²) in [6, 6.07) is 0. The van der Waals surface area contributed by atoms with Gasteiger partial charge in [0, 0.05) is 20.1 Å². The van der Waals surface area contributed by atoms with Crippen LogP contribution >= 0.6 is 0 Å². The Morgan fingerprint density at radius 1 is 1.28 bits per heavy atom. The fourth-order valence-corrected chi connectivity index (χ4v) is 1.48. The molecule has 1 rings (SSSR count). The van der Waals surface area contributed by atoms with Crippen molar-refractivity contribution in [2.45, 2.75) is 26.7 Å². The molecule has 0 aliphatic rings. The van der Waals surface area contributed by atoms with Crippen LogP contribution in [0.1, 0.15) is 26.1 Å². The van der Waals surface area contributed by atoms with Crippen molar-refractivity contribution in [3.05, 3.63) is 5.82 Å². The fourth-order valence-electron chi connectivity index (χ4n) is 1.48. The maximum atomic E-state index is 5.96. The lowest BCUT2D eigenvalue weighted by Gasteiger charge is -2.13. The minimum Gasteiger partial charge on any atom is -0.476 e. The first-order chi connectivity index (χ1) is 8.72. The molecule has 1 aromatic heterocycles. The largest absolute Gasteiger partial charge is 0.476 e. The van der Waals surface area contributed by atoms with Gasteiger partial charge in [0.1, 0.15) is 11.5 Å². The molecule has 102 valence electrons. The van der Waals surface area contributed by atoms with Crippen LogP contribution in [0.2, 0.25) is 0 Å². The molecular weight excluding hydrogens is 232 g/mol. The summed E-state index contributed by atoms with van der Waals surface area (Å²) in [5.41, 5.74) is 6.42. The van der Waals surface area contributed by atoms with Crippen molar-refractivity contribution in [3.63, 3.8) is 0 Å². The second kappa shape index (κ2) is 7.71. The molecule has 0 amide bonds. The number of ether oxygens (including phenoxy) is 2. The molecule has 0 fully saturated rings. The molecule has 0 unspecified atom stereocenters. The van der Waals surface area contributed by atoms with Crippen molar-refractivity contribution >= 4 is 11.5 Å². The zero-order chi connectivity index (χ0) is 13.4. The predicted octanol–water partition coefficient (Wildman–Crippen LogP) is 1.47. The summed E-state index contributed by atoms with van der Waals surface area (Å²) in [6.45, 7) is 5.76. The van der Waals surface area contributed by atoms with Gasteiger partial charge < -0.3 is 20.5 Å². The molecule has 1 heterocycles. The van der Waals surface area contributed by atoms with Crippen molar-refractivity contribution < 1.29 is 9.47 Å². The maximum Gasteiger partial charge on any atom is 0.242 e. The van der Waals surface area contributed by atoms with E-state index >= 15 is 0 Å². The summed E-state index contributed by atoms with van der Waals surface area (Å²) in [5, 5.41) is 3.13. The Balaban J connectivity index is 2.90. The number of aromatic nitrogens is 2. The minimum absolute atomic E-state index is 0.452. The highest BCUT2D eigenvalue weighted by Gasteiger charge is 2.12. The van der Waals surface area contributed by atoms with E-state index < -0.39 is 0 Å². The Morgan fingerprint density at radius 3 is 2.67 bits per heavy atom. The Bertz CT molecular complexity index is 371. The molecule has 1 aromatic rings. The second-order valence-electron chi connectivity index (χ2n) is 3.81. The van der Waals surface area contributed by atoms with Crippen LogP contribution in [0.25, 0.3) is 0 Å². The van der Waals surface area contributed by atoms with Crippen LogP contribution in [-0.4, -0.2) is 36.8 Å².